The first-order valence-corrected chi connectivity index (χ1v) is 13.3. The summed E-state index contributed by atoms with van der Waals surface area (Å²) < 4.78 is 26.3. The van der Waals surface area contributed by atoms with Crippen LogP contribution in [0.1, 0.15) is 31.2 Å². The summed E-state index contributed by atoms with van der Waals surface area (Å²) in [4.78, 5) is 19.4. The number of hydrogen-bond acceptors (Lipinski definition) is 7. The molecule has 3 N–H and O–H groups in total. The lowest BCUT2D eigenvalue weighted by atomic mass is 9.94. The molecule has 3 saturated heterocycles. The monoisotopic (exact) mass is 469 g/mol. The van der Waals surface area contributed by atoms with Gasteiger partial charge in [-0.3, -0.25) is 9.78 Å². The number of piperidine rings is 1. The highest BCUT2D eigenvalue weighted by Crippen LogP contribution is 2.27. The predicted molar refractivity (Wildman–Crippen MR) is 126 cm³/mol. The Hall–Kier alpha value is -2.49. The predicted octanol–water partition coefficient (Wildman–Crippen LogP) is 1.47. The Morgan fingerprint density at radius 2 is 1.91 bits per heavy atom. The molecule has 8 nitrogen and oxygen atoms in total. The summed E-state index contributed by atoms with van der Waals surface area (Å²) in [5.74, 6) is 0.517. The molecule has 1 amide bonds. The molecule has 9 heteroatoms. The molecule has 33 heavy (non-hydrogen) atoms. The number of pyridine rings is 1. The fourth-order valence-corrected chi connectivity index (χ4v) is 6.38. The summed E-state index contributed by atoms with van der Waals surface area (Å²) in [5.41, 5.74) is 1.72. The van der Waals surface area contributed by atoms with Crippen LogP contribution in [0.3, 0.4) is 0 Å². The number of fused-ring (bicyclic) bond motifs is 1. The van der Waals surface area contributed by atoms with Crippen molar-refractivity contribution >= 4 is 21.4 Å². The van der Waals surface area contributed by atoms with E-state index in [2.05, 4.69) is 25.8 Å². The molecule has 3 unspecified atom stereocenters. The van der Waals surface area contributed by atoms with E-state index < -0.39 is 9.84 Å². The molecule has 3 fully saturated rings. The number of amides is 1. The first-order chi connectivity index (χ1) is 16.0. The zero-order valence-electron chi connectivity index (χ0n) is 18.7. The highest BCUT2D eigenvalue weighted by Gasteiger charge is 2.38. The number of carbonyl (C=O) groups excluding carboxylic acids is 1. The summed E-state index contributed by atoms with van der Waals surface area (Å²) >= 11 is 0. The fraction of sp³-hybridized carbons (Fsp3) is 0.500. The van der Waals surface area contributed by atoms with Gasteiger partial charge >= 0.3 is 0 Å². The normalized spacial score (nSPS) is 25.1. The minimum absolute atomic E-state index is 0.00546. The second kappa shape index (κ2) is 9.40. The second-order valence-electron chi connectivity index (χ2n) is 9.25. The Morgan fingerprint density at radius 1 is 1.12 bits per heavy atom. The first-order valence-electron chi connectivity index (χ1n) is 11.8. The second-order valence-corrected chi connectivity index (χ2v) is 11.2. The van der Waals surface area contributed by atoms with Crippen molar-refractivity contribution in [3.05, 3.63) is 48.3 Å². The molecule has 176 valence electrons. The average Bonchev–Trinajstić information content (AvgIpc) is 3.53. The van der Waals surface area contributed by atoms with Gasteiger partial charge in [0.1, 0.15) is 0 Å². The van der Waals surface area contributed by atoms with E-state index >= 15 is 0 Å². The number of benzene rings is 1. The summed E-state index contributed by atoms with van der Waals surface area (Å²) in [5, 5.41) is 9.85. The third-order valence-corrected chi connectivity index (χ3v) is 8.80. The molecular formula is C24H31N5O3S. The third kappa shape index (κ3) is 4.76. The number of rotatable bonds is 6. The van der Waals surface area contributed by atoms with Crippen molar-refractivity contribution in [3.63, 3.8) is 0 Å². The molecule has 3 aliphatic rings. The van der Waals surface area contributed by atoms with Crippen LogP contribution in [-0.2, 0) is 21.2 Å². The molecule has 4 heterocycles. The number of hydrogen-bond donors (Lipinski definition) is 3. The average molecular weight is 470 g/mol. The van der Waals surface area contributed by atoms with Crippen LogP contribution in [0.15, 0.2) is 52.5 Å². The smallest absolute Gasteiger partial charge is 0.237 e. The van der Waals surface area contributed by atoms with Gasteiger partial charge in [-0.15, -0.1) is 0 Å². The Bertz CT molecular complexity index is 1090. The molecule has 3 atom stereocenters. The standard InChI is InChI=1S/C24H31N5O3S/c30-24(23-11-18-14-25-8-7-22(18)28-23)27-13-17-3-5-20(6-4-17)33(31,32)21-12-19(15-26-16-21)29-9-1-2-10-29/h3-6,12,15-16,18,22-23,25,28H,1-2,7-11,13-14H2,(H,27,30). The van der Waals surface area contributed by atoms with Crippen molar-refractivity contribution in [1.29, 1.82) is 0 Å². The Balaban J connectivity index is 1.21. The summed E-state index contributed by atoms with van der Waals surface area (Å²) in [6.07, 6.45) is 7.27. The van der Waals surface area contributed by atoms with E-state index in [-0.39, 0.29) is 21.7 Å². The molecular weight excluding hydrogens is 438 g/mol. The maximum absolute atomic E-state index is 13.1. The van der Waals surface area contributed by atoms with Crippen LogP contribution in [0, 0.1) is 5.92 Å². The fourth-order valence-electron chi connectivity index (χ4n) is 5.14. The van der Waals surface area contributed by atoms with Gasteiger partial charge in [0.05, 0.1) is 27.7 Å². The number of nitrogens with one attached hydrogen (secondary N) is 3. The quantitative estimate of drug-likeness (QED) is 0.589. The highest BCUT2D eigenvalue weighted by molar-refractivity contribution is 7.91. The van der Waals surface area contributed by atoms with Crippen molar-refractivity contribution in [2.45, 2.75) is 54.1 Å². The van der Waals surface area contributed by atoms with Gasteiger partial charge in [0, 0.05) is 31.9 Å². The molecule has 0 saturated carbocycles. The molecule has 3 aliphatic heterocycles. The van der Waals surface area contributed by atoms with Gasteiger partial charge in [0.15, 0.2) is 0 Å². The molecule has 2 aromatic rings. The van der Waals surface area contributed by atoms with Crippen molar-refractivity contribution in [3.8, 4) is 0 Å². The molecule has 0 bridgehead atoms. The lowest BCUT2D eigenvalue weighted by molar-refractivity contribution is -0.123. The molecule has 5 rings (SSSR count). The highest BCUT2D eigenvalue weighted by atomic mass is 32.2. The van der Waals surface area contributed by atoms with E-state index in [0.29, 0.717) is 18.5 Å². The van der Waals surface area contributed by atoms with Crippen LogP contribution in [0.4, 0.5) is 5.69 Å². The molecule has 1 aromatic carbocycles. The van der Waals surface area contributed by atoms with Gasteiger partial charge in [-0.2, -0.15) is 0 Å². The lowest BCUT2D eigenvalue weighted by Crippen LogP contribution is -2.45. The number of anilines is 1. The summed E-state index contributed by atoms with van der Waals surface area (Å²) in [6.45, 7) is 4.20. The van der Waals surface area contributed by atoms with Crippen molar-refractivity contribution in [1.82, 2.24) is 20.9 Å². The van der Waals surface area contributed by atoms with Gasteiger partial charge in [-0.1, -0.05) is 12.1 Å². The summed E-state index contributed by atoms with van der Waals surface area (Å²) in [6, 6.07) is 8.71. The van der Waals surface area contributed by atoms with E-state index in [1.807, 2.05) is 0 Å². The number of carbonyl (C=O) groups is 1. The van der Waals surface area contributed by atoms with Gasteiger partial charge in [-0.25, -0.2) is 8.42 Å². The first kappa shape index (κ1) is 22.3. The Labute approximate surface area is 195 Å². The maximum atomic E-state index is 13.1. The van der Waals surface area contributed by atoms with Crippen molar-refractivity contribution in [2.75, 3.05) is 31.1 Å². The van der Waals surface area contributed by atoms with Crippen LogP contribution in [-0.4, -0.2) is 57.6 Å². The molecule has 1 aromatic heterocycles. The number of sulfone groups is 1. The Morgan fingerprint density at radius 3 is 2.67 bits per heavy atom. The van der Waals surface area contributed by atoms with E-state index in [0.717, 1.165) is 63.1 Å². The van der Waals surface area contributed by atoms with Crippen LogP contribution in [0.5, 0.6) is 0 Å². The molecule has 0 radical (unpaired) electrons. The van der Waals surface area contributed by atoms with Gasteiger partial charge < -0.3 is 20.9 Å². The summed E-state index contributed by atoms with van der Waals surface area (Å²) in [7, 11) is -3.66. The zero-order valence-corrected chi connectivity index (χ0v) is 19.5. The van der Waals surface area contributed by atoms with Crippen LogP contribution in [0.25, 0.3) is 0 Å². The van der Waals surface area contributed by atoms with Crippen molar-refractivity contribution < 1.29 is 13.2 Å². The topological polar surface area (TPSA) is 103 Å². The molecule has 0 spiro atoms. The van der Waals surface area contributed by atoms with E-state index in [4.69, 9.17) is 0 Å². The SMILES string of the molecule is O=C(NCc1ccc(S(=O)(=O)c2cncc(N3CCCC3)c2)cc1)C1CC2CNCCC2N1. The number of aromatic nitrogens is 1. The zero-order chi connectivity index (χ0) is 22.8. The number of nitrogens with zero attached hydrogens (tertiary/aromatic N) is 2. The lowest BCUT2D eigenvalue weighted by Gasteiger charge is -2.25. The van der Waals surface area contributed by atoms with E-state index in [1.165, 1.54) is 6.20 Å². The minimum Gasteiger partial charge on any atom is -0.370 e. The van der Waals surface area contributed by atoms with Crippen LogP contribution >= 0.6 is 0 Å². The van der Waals surface area contributed by atoms with E-state index in [1.54, 1.807) is 36.5 Å². The molecule has 0 aliphatic carbocycles. The maximum Gasteiger partial charge on any atom is 0.237 e. The third-order valence-electron chi connectivity index (χ3n) is 7.06. The van der Waals surface area contributed by atoms with Gasteiger partial charge in [0.25, 0.3) is 0 Å². The van der Waals surface area contributed by atoms with Crippen LogP contribution in [0.2, 0.25) is 0 Å². The van der Waals surface area contributed by atoms with Gasteiger partial charge in [0.2, 0.25) is 15.7 Å². The van der Waals surface area contributed by atoms with Crippen LogP contribution < -0.4 is 20.9 Å². The van der Waals surface area contributed by atoms with Crippen molar-refractivity contribution in [2.24, 2.45) is 5.92 Å². The van der Waals surface area contributed by atoms with E-state index in [9.17, 15) is 13.2 Å². The minimum atomic E-state index is -3.66. The van der Waals surface area contributed by atoms with Gasteiger partial charge in [-0.05, 0) is 68.5 Å². The largest absolute Gasteiger partial charge is 0.370 e. The Kier molecular flexibility index (Phi) is 6.36.